The average molecular weight is 751 g/mol. The number of hydrogen-bond donors (Lipinski definition) is 6. The van der Waals surface area contributed by atoms with Crippen molar-refractivity contribution in [2.24, 2.45) is 17.4 Å². The van der Waals surface area contributed by atoms with Gasteiger partial charge < -0.3 is 42.3 Å². The Hall–Kier alpha value is -5.55. The highest BCUT2D eigenvalue weighted by Gasteiger charge is 2.44. The number of rotatable bonds is 12. The molecule has 2 radical (unpaired) electrons. The zero-order valence-electron chi connectivity index (χ0n) is 31.7. The lowest BCUT2D eigenvalue weighted by molar-refractivity contribution is -0.895. The maximum absolute atomic E-state index is 13.1. The predicted octanol–water partition coefficient (Wildman–Crippen LogP) is 0.343. The lowest BCUT2D eigenvalue weighted by atomic mass is 9.83. The highest BCUT2D eigenvalue weighted by atomic mass is 16.6. The van der Waals surface area contributed by atoms with Gasteiger partial charge in [-0.25, -0.2) is 0 Å². The number of carbonyl (C=O) groups is 3. The second-order valence-electron chi connectivity index (χ2n) is 15.0. The maximum atomic E-state index is 13.1. The highest BCUT2D eigenvalue weighted by molar-refractivity contribution is 6.13. The number of likely N-dealkylation sites (tertiary alicyclic amines) is 1. The third kappa shape index (κ3) is 7.58. The molecule has 0 bridgehead atoms. The van der Waals surface area contributed by atoms with E-state index in [-0.39, 0.29) is 58.4 Å². The molecule has 2 aliphatic carbocycles. The number of carbonyl (C=O) groups excluding carboxylic acids is 3. The van der Waals surface area contributed by atoms with Gasteiger partial charge in [0.25, 0.3) is 11.6 Å². The topological polar surface area (TPSA) is 200 Å². The number of nitrogens with one attached hydrogen (secondary N) is 3. The number of nitrogens with two attached hydrogens (primary N) is 2. The van der Waals surface area contributed by atoms with Crippen LogP contribution < -0.4 is 41.9 Å². The van der Waals surface area contributed by atoms with Crippen LogP contribution in [0.15, 0.2) is 65.9 Å². The predicted molar refractivity (Wildman–Crippen MR) is 206 cm³/mol. The van der Waals surface area contributed by atoms with Gasteiger partial charge >= 0.3 is 11.6 Å². The first kappa shape index (κ1) is 37.8. The Balaban J connectivity index is 1.12. The normalized spacial score (nSPS) is 19.0. The number of aromatic nitrogens is 3. The molecule has 3 fully saturated rings. The van der Waals surface area contributed by atoms with Gasteiger partial charge in [0.1, 0.15) is 18.6 Å². The van der Waals surface area contributed by atoms with Crippen molar-refractivity contribution in [2.45, 2.75) is 62.8 Å². The van der Waals surface area contributed by atoms with Gasteiger partial charge in [0, 0.05) is 80.3 Å². The van der Waals surface area contributed by atoms with E-state index in [1.807, 2.05) is 31.4 Å². The molecule has 16 nitrogen and oxygen atoms in total. The van der Waals surface area contributed by atoms with Crippen LogP contribution in [0.3, 0.4) is 0 Å². The Morgan fingerprint density at radius 1 is 1.05 bits per heavy atom. The molecule has 3 aromatic rings. The van der Waals surface area contributed by atoms with Gasteiger partial charge in [-0.05, 0) is 50.7 Å². The summed E-state index contributed by atoms with van der Waals surface area (Å²) in [7, 11) is 13.3. The number of fused-ring (bicyclic) bond motifs is 3. The number of hydrogen-bond acceptors (Lipinski definition) is 11. The molecule has 7 rings (SSSR count). The first-order chi connectivity index (χ1) is 26.3. The summed E-state index contributed by atoms with van der Waals surface area (Å²) >= 11 is 0. The molecule has 3 amide bonds. The summed E-state index contributed by atoms with van der Waals surface area (Å²) in [6.45, 7) is 1.48. The molecule has 0 spiro atoms. The zero-order chi connectivity index (χ0) is 39.2. The van der Waals surface area contributed by atoms with E-state index < -0.39 is 11.5 Å². The standard InChI is InChI=1S/C38H48BN11O5/c1-46(2)37(53)29-9-6-10-31(50(29)55-4)38(39,54)48-17-15-24(16-18-48)49-30-21-47(3)34-25(26(30)20-42-49)7-5-8-27(34)44-28(33(41)36(52)43-23-13-14-23)19-32(40)45-35(51)22-11-12-22/h5-10,19-20,22-24,41,54H,11-18,21H2,1-4H3,(H5,40,43,44,45,51,52,53)/p+1. The van der Waals surface area contributed by atoms with Gasteiger partial charge in [-0.15, -0.1) is 0 Å². The van der Waals surface area contributed by atoms with Crippen LogP contribution in [-0.4, -0.2) is 97.6 Å². The third-order valence-corrected chi connectivity index (χ3v) is 10.6. The van der Waals surface area contributed by atoms with E-state index in [0.29, 0.717) is 38.2 Å². The van der Waals surface area contributed by atoms with Gasteiger partial charge in [0.05, 0.1) is 41.5 Å². The second kappa shape index (κ2) is 14.9. The van der Waals surface area contributed by atoms with Crippen molar-refractivity contribution in [3.63, 3.8) is 0 Å². The first-order valence-electron chi connectivity index (χ1n) is 18.6. The van der Waals surface area contributed by atoms with Crippen LogP contribution in [0, 0.1) is 5.92 Å². The third-order valence-electron chi connectivity index (χ3n) is 10.6. The lowest BCUT2D eigenvalue weighted by Gasteiger charge is -2.40. The van der Waals surface area contributed by atoms with Crippen LogP contribution in [0.4, 0.5) is 11.4 Å². The van der Waals surface area contributed by atoms with Gasteiger partial charge in [-0.3, -0.25) is 28.8 Å². The largest absolute Gasteiger partial charge is 0.393 e. The van der Waals surface area contributed by atoms with Crippen molar-refractivity contribution in [3.05, 3.63) is 83.0 Å². The van der Waals surface area contributed by atoms with Crippen molar-refractivity contribution in [1.82, 2.24) is 30.2 Å². The van der Waals surface area contributed by atoms with Gasteiger partial charge in [0.2, 0.25) is 5.91 Å². The number of piperidine rings is 1. The van der Waals surface area contributed by atoms with E-state index in [0.717, 1.165) is 48.2 Å². The highest BCUT2D eigenvalue weighted by Crippen LogP contribution is 2.44. The zero-order valence-corrected chi connectivity index (χ0v) is 31.7. The summed E-state index contributed by atoms with van der Waals surface area (Å²) in [4.78, 5) is 49.3. The summed E-state index contributed by atoms with van der Waals surface area (Å²) in [6, 6.07) is 11.0. The minimum absolute atomic E-state index is 0.0393. The molecule has 288 valence electrons. The fraction of sp³-hybridized carbons (Fsp3) is 0.447. The summed E-state index contributed by atoms with van der Waals surface area (Å²) < 4.78 is 3.36. The van der Waals surface area contributed by atoms with E-state index in [9.17, 15) is 19.5 Å². The molecule has 17 heteroatoms. The number of aliphatic hydroxyl groups is 1. The van der Waals surface area contributed by atoms with Crippen molar-refractivity contribution >= 4 is 36.9 Å². The summed E-state index contributed by atoms with van der Waals surface area (Å²) in [5.41, 5.74) is 16.1. The van der Waals surface area contributed by atoms with Crippen LogP contribution in [0.2, 0.25) is 0 Å². The molecule has 2 aromatic heterocycles. The fourth-order valence-electron chi connectivity index (χ4n) is 7.35. The van der Waals surface area contributed by atoms with Crippen molar-refractivity contribution in [3.8, 4) is 11.1 Å². The number of para-hydroxylation sites is 1. The molecule has 1 saturated heterocycles. The number of allylic oxidation sites excluding steroid dienone is 1. The van der Waals surface area contributed by atoms with Crippen LogP contribution in [0.25, 0.3) is 11.1 Å². The Bertz CT molecular complexity index is 2060. The number of nitrogens with zero attached hydrogens (tertiary/aromatic N) is 6. The summed E-state index contributed by atoms with van der Waals surface area (Å²) in [5.74, 6) is -0.801. The SMILES string of the molecule is [B]C(O)(c1cccc(C(=O)N(C)C)[n+]1OC)N1CCC(n2ncc3c2CN(C)c2c(NC(/C=C(\N)NC(=O)C4CC4)=C(/N)C(=O)NC4CC4)cccc2-3)CC1. The molecule has 1 aromatic carbocycles. The van der Waals surface area contributed by atoms with Gasteiger partial charge in [-0.2, -0.15) is 5.10 Å². The molecular weight excluding hydrogens is 701 g/mol. The number of benzene rings is 1. The molecule has 2 aliphatic heterocycles. The minimum Gasteiger partial charge on any atom is -0.393 e. The van der Waals surface area contributed by atoms with Crippen molar-refractivity contribution in [1.29, 1.82) is 0 Å². The van der Waals surface area contributed by atoms with Crippen molar-refractivity contribution < 1.29 is 29.1 Å². The van der Waals surface area contributed by atoms with Gasteiger partial charge in [-0.1, -0.05) is 12.1 Å². The Kier molecular flexibility index (Phi) is 10.3. The fourth-order valence-corrected chi connectivity index (χ4v) is 7.35. The van der Waals surface area contributed by atoms with Gasteiger partial charge in [0.15, 0.2) is 13.5 Å². The molecule has 1 unspecified atom stereocenters. The van der Waals surface area contributed by atoms with E-state index in [4.69, 9.17) is 29.2 Å². The minimum atomic E-state index is -1.91. The Labute approximate surface area is 321 Å². The maximum Gasteiger partial charge on any atom is 0.323 e. The molecule has 4 aliphatic rings. The molecule has 55 heavy (non-hydrogen) atoms. The van der Waals surface area contributed by atoms with Crippen LogP contribution >= 0.6 is 0 Å². The quantitative estimate of drug-likeness (QED) is 0.0646. The Morgan fingerprint density at radius 2 is 1.76 bits per heavy atom. The number of pyridine rings is 1. The smallest absolute Gasteiger partial charge is 0.323 e. The summed E-state index contributed by atoms with van der Waals surface area (Å²) in [6.07, 6.45) is 8.17. The van der Waals surface area contributed by atoms with E-state index in [1.165, 1.54) is 22.8 Å². The van der Waals surface area contributed by atoms with Crippen LogP contribution in [0.5, 0.6) is 0 Å². The number of anilines is 2. The second-order valence-corrected chi connectivity index (χ2v) is 15.0. The van der Waals surface area contributed by atoms with Crippen molar-refractivity contribution in [2.75, 3.05) is 51.6 Å². The average Bonchev–Trinajstić information content (AvgIpc) is 4.12. The van der Waals surface area contributed by atoms with E-state index >= 15 is 0 Å². The summed E-state index contributed by atoms with van der Waals surface area (Å²) in [5, 5.41) is 25.6. The molecule has 2 saturated carbocycles. The van der Waals surface area contributed by atoms with Crippen LogP contribution in [0.1, 0.15) is 66.4 Å². The number of amides is 3. The lowest BCUT2D eigenvalue weighted by Crippen LogP contribution is -2.61. The molecule has 1 atom stereocenters. The first-order valence-corrected chi connectivity index (χ1v) is 18.6. The monoisotopic (exact) mass is 750 g/mol. The van der Waals surface area contributed by atoms with E-state index in [2.05, 4.69) is 25.5 Å². The molecule has 4 heterocycles. The van der Waals surface area contributed by atoms with E-state index in [1.54, 1.807) is 37.2 Å². The molecule has 8 N–H and O–H groups in total. The Morgan fingerprint density at radius 3 is 2.42 bits per heavy atom. The molecular formula is C38H49BN11O5+. The van der Waals surface area contributed by atoms with Crippen LogP contribution in [-0.2, 0) is 21.8 Å².